The third-order valence-corrected chi connectivity index (χ3v) is 3.25. The molecule has 0 bridgehead atoms. The molecule has 2 rings (SSSR count). The summed E-state index contributed by atoms with van der Waals surface area (Å²) in [4.78, 5) is 18.8. The van der Waals surface area contributed by atoms with Gasteiger partial charge in [-0.2, -0.15) is 9.97 Å². The lowest BCUT2D eigenvalue weighted by Gasteiger charge is -2.11. The molecule has 0 aliphatic rings. The second kappa shape index (κ2) is 8.64. The van der Waals surface area contributed by atoms with E-state index in [0.29, 0.717) is 24.6 Å². The summed E-state index contributed by atoms with van der Waals surface area (Å²) in [6.45, 7) is 1.12. The highest BCUT2D eigenvalue weighted by molar-refractivity contribution is 5.74. The molecule has 0 radical (unpaired) electrons. The molecule has 25 heavy (non-hydrogen) atoms. The maximum absolute atomic E-state index is 11.3. The molecule has 1 heterocycles. The molecule has 0 saturated heterocycles. The number of ether oxygens (including phenoxy) is 2. The predicted molar refractivity (Wildman–Crippen MR) is 94.4 cm³/mol. The largest absolute Gasteiger partial charge is 0.497 e. The van der Waals surface area contributed by atoms with Crippen LogP contribution >= 0.6 is 0 Å². The number of nitro groups is 1. The average molecular weight is 348 g/mol. The Morgan fingerprint density at radius 3 is 2.56 bits per heavy atom. The molecule has 134 valence electrons. The molecule has 1 aromatic heterocycles. The van der Waals surface area contributed by atoms with Crippen molar-refractivity contribution in [2.24, 2.45) is 0 Å². The Morgan fingerprint density at radius 2 is 1.96 bits per heavy atom. The fourth-order valence-electron chi connectivity index (χ4n) is 2.05. The second-order valence-corrected chi connectivity index (χ2v) is 5.01. The Labute approximate surface area is 144 Å². The molecule has 0 aliphatic heterocycles. The normalized spacial score (nSPS) is 10.3. The first-order valence-electron chi connectivity index (χ1n) is 7.51. The zero-order chi connectivity index (χ0) is 18.2. The van der Waals surface area contributed by atoms with Crippen LogP contribution in [0.4, 0.5) is 29.0 Å². The van der Waals surface area contributed by atoms with Crippen LogP contribution in [0.15, 0.2) is 24.3 Å². The smallest absolute Gasteiger partial charge is 0.353 e. The van der Waals surface area contributed by atoms with Crippen LogP contribution in [-0.4, -0.2) is 42.3 Å². The maximum atomic E-state index is 11.3. The highest BCUT2D eigenvalue weighted by atomic mass is 16.6. The number of hydrogen-bond acceptors (Lipinski definition) is 9. The summed E-state index contributed by atoms with van der Waals surface area (Å²) in [5.41, 5.74) is 5.96. The number of methoxy groups -OCH3 is 2. The summed E-state index contributed by atoms with van der Waals surface area (Å²) < 4.78 is 10.0. The number of anilines is 4. The first-order valence-corrected chi connectivity index (χ1v) is 7.51. The minimum atomic E-state index is -0.615. The molecule has 1 aromatic carbocycles. The van der Waals surface area contributed by atoms with Crippen molar-refractivity contribution in [1.82, 2.24) is 9.97 Å². The van der Waals surface area contributed by atoms with Gasteiger partial charge in [0.05, 0.1) is 12.0 Å². The molecule has 0 unspecified atom stereocenters. The fraction of sp³-hybridized carbons (Fsp3) is 0.333. The third kappa shape index (κ3) is 4.91. The molecule has 0 fully saturated rings. The summed E-state index contributed by atoms with van der Waals surface area (Å²) in [5, 5.41) is 17.2. The van der Waals surface area contributed by atoms with Gasteiger partial charge in [-0.05, 0) is 30.7 Å². The lowest BCUT2D eigenvalue weighted by Crippen LogP contribution is -2.12. The number of rotatable bonds is 9. The topological polar surface area (TPSA) is 137 Å². The lowest BCUT2D eigenvalue weighted by molar-refractivity contribution is -0.383. The standard InChI is InChI=1S/C15H20N6O4/c1-24-9-3-8-17-15-19-13(16)12(21(22)23)14(20-15)18-10-4-6-11(25-2)7-5-10/h4-7H,3,8-9H2,1-2H3,(H4,16,17,18,19,20). The van der Waals surface area contributed by atoms with E-state index in [1.54, 1.807) is 38.5 Å². The van der Waals surface area contributed by atoms with Crippen LogP contribution in [0.2, 0.25) is 0 Å². The van der Waals surface area contributed by atoms with Gasteiger partial charge in [0.2, 0.25) is 17.6 Å². The summed E-state index contributed by atoms with van der Waals surface area (Å²) in [6.07, 6.45) is 0.734. The Bertz CT molecular complexity index is 723. The van der Waals surface area contributed by atoms with Gasteiger partial charge in [-0.3, -0.25) is 10.1 Å². The van der Waals surface area contributed by atoms with Crippen LogP contribution in [0.3, 0.4) is 0 Å². The van der Waals surface area contributed by atoms with Gasteiger partial charge in [0.25, 0.3) is 0 Å². The van der Waals surface area contributed by atoms with Gasteiger partial charge in [0.15, 0.2) is 0 Å². The molecule has 0 saturated carbocycles. The monoisotopic (exact) mass is 348 g/mol. The Hall–Kier alpha value is -3.14. The molecule has 2 aromatic rings. The first-order chi connectivity index (χ1) is 12.0. The summed E-state index contributed by atoms with van der Waals surface area (Å²) in [5.74, 6) is 0.667. The van der Waals surface area contributed by atoms with E-state index in [-0.39, 0.29) is 23.3 Å². The fourth-order valence-corrected chi connectivity index (χ4v) is 2.05. The van der Waals surface area contributed by atoms with Crippen molar-refractivity contribution in [2.75, 3.05) is 43.7 Å². The summed E-state index contributed by atoms with van der Waals surface area (Å²) in [6, 6.07) is 6.88. The van der Waals surface area contributed by atoms with Gasteiger partial charge in [0, 0.05) is 25.9 Å². The highest BCUT2D eigenvalue weighted by Crippen LogP contribution is 2.31. The Morgan fingerprint density at radius 1 is 1.24 bits per heavy atom. The van der Waals surface area contributed by atoms with Gasteiger partial charge < -0.3 is 25.8 Å². The number of nitrogens with one attached hydrogen (secondary N) is 2. The quantitative estimate of drug-likeness (QED) is 0.353. The molecule has 0 amide bonds. The summed E-state index contributed by atoms with van der Waals surface area (Å²) >= 11 is 0. The molecule has 0 spiro atoms. The Kier molecular flexibility index (Phi) is 6.29. The number of nitrogen functional groups attached to an aromatic ring is 1. The Balaban J connectivity index is 2.25. The SMILES string of the molecule is COCCCNc1nc(N)c([N+](=O)[O-])c(Nc2ccc(OC)cc2)n1. The van der Waals surface area contributed by atoms with Gasteiger partial charge in [-0.25, -0.2) is 0 Å². The number of nitrogens with two attached hydrogens (primary N) is 1. The van der Waals surface area contributed by atoms with Gasteiger partial charge in [-0.15, -0.1) is 0 Å². The number of nitrogens with zero attached hydrogens (tertiary/aromatic N) is 3. The van der Waals surface area contributed by atoms with E-state index < -0.39 is 4.92 Å². The van der Waals surface area contributed by atoms with E-state index in [0.717, 1.165) is 6.42 Å². The van der Waals surface area contributed by atoms with E-state index in [4.69, 9.17) is 15.2 Å². The van der Waals surface area contributed by atoms with Crippen LogP contribution in [0.1, 0.15) is 6.42 Å². The molecule has 4 N–H and O–H groups in total. The van der Waals surface area contributed by atoms with Gasteiger partial charge in [-0.1, -0.05) is 0 Å². The zero-order valence-electron chi connectivity index (χ0n) is 14.0. The number of aromatic nitrogens is 2. The highest BCUT2D eigenvalue weighted by Gasteiger charge is 2.23. The predicted octanol–water partition coefficient (Wildman–Crippen LogP) is 2.17. The van der Waals surface area contributed by atoms with Gasteiger partial charge in [0.1, 0.15) is 5.75 Å². The van der Waals surface area contributed by atoms with Crippen molar-refractivity contribution in [3.05, 3.63) is 34.4 Å². The maximum Gasteiger partial charge on any atom is 0.353 e. The molecular weight excluding hydrogens is 328 g/mol. The van der Waals surface area contributed by atoms with E-state index in [1.165, 1.54) is 0 Å². The summed E-state index contributed by atoms with van der Waals surface area (Å²) in [7, 11) is 3.16. The van der Waals surface area contributed by atoms with E-state index >= 15 is 0 Å². The molecule has 10 heteroatoms. The number of benzene rings is 1. The van der Waals surface area contributed by atoms with Gasteiger partial charge >= 0.3 is 5.69 Å². The van der Waals surface area contributed by atoms with E-state index in [9.17, 15) is 10.1 Å². The molecule has 10 nitrogen and oxygen atoms in total. The van der Waals surface area contributed by atoms with Crippen LogP contribution in [0.5, 0.6) is 5.75 Å². The van der Waals surface area contributed by atoms with Crippen molar-refractivity contribution in [3.63, 3.8) is 0 Å². The van der Waals surface area contributed by atoms with Crippen LogP contribution in [0, 0.1) is 10.1 Å². The second-order valence-electron chi connectivity index (χ2n) is 5.01. The van der Waals surface area contributed by atoms with Crippen molar-refractivity contribution in [1.29, 1.82) is 0 Å². The lowest BCUT2D eigenvalue weighted by atomic mass is 10.3. The number of hydrogen-bond donors (Lipinski definition) is 3. The van der Waals surface area contributed by atoms with Crippen molar-refractivity contribution in [3.8, 4) is 5.75 Å². The third-order valence-electron chi connectivity index (χ3n) is 3.25. The van der Waals surface area contributed by atoms with Crippen LogP contribution in [0.25, 0.3) is 0 Å². The molecule has 0 aliphatic carbocycles. The molecular formula is C15H20N6O4. The van der Waals surface area contributed by atoms with Crippen molar-refractivity contribution >= 4 is 29.0 Å². The first kappa shape index (κ1) is 18.2. The minimum Gasteiger partial charge on any atom is -0.497 e. The molecule has 0 atom stereocenters. The zero-order valence-corrected chi connectivity index (χ0v) is 14.0. The minimum absolute atomic E-state index is 0.0110. The average Bonchev–Trinajstić information content (AvgIpc) is 2.59. The van der Waals surface area contributed by atoms with E-state index in [1.807, 2.05) is 0 Å². The van der Waals surface area contributed by atoms with Crippen LogP contribution in [-0.2, 0) is 4.74 Å². The van der Waals surface area contributed by atoms with Crippen molar-refractivity contribution < 1.29 is 14.4 Å². The van der Waals surface area contributed by atoms with Crippen LogP contribution < -0.4 is 21.1 Å². The van der Waals surface area contributed by atoms with E-state index in [2.05, 4.69) is 20.6 Å². The van der Waals surface area contributed by atoms with Crippen molar-refractivity contribution in [2.45, 2.75) is 6.42 Å².